The van der Waals surface area contributed by atoms with Gasteiger partial charge in [0.2, 0.25) is 0 Å². The standard InChI is InChI=1S/C18H18N4O4/c1-3-25-17(23)13(9-19)11-21-15-6-5-7-16(8-15)22-12-14(10-20)18(24)26-4-2/h5-8,11-12,21-22H,3-4H2,1-2H3/b13-11-,14-12-. The molecule has 0 bridgehead atoms. The van der Waals surface area contributed by atoms with Gasteiger partial charge >= 0.3 is 11.9 Å². The third-order valence-corrected chi connectivity index (χ3v) is 2.86. The molecule has 0 aromatic heterocycles. The smallest absolute Gasteiger partial charge is 0.350 e. The molecule has 0 unspecified atom stereocenters. The zero-order chi connectivity index (χ0) is 19.4. The summed E-state index contributed by atoms with van der Waals surface area (Å²) < 4.78 is 9.52. The van der Waals surface area contributed by atoms with Crippen molar-refractivity contribution in [1.29, 1.82) is 10.5 Å². The van der Waals surface area contributed by atoms with E-state index in [9.17, 15) is 9.59 Å². The molecule has 1 aromatic rings. The first-order valence-electron chi connectivity index (χ1n) is 7.73. The molecule has 0 heterocycles. The molecule has 0 saturated heterocycles. The number of anilines is 2. The van der Waals surface area contributed by atoms with Crippen molar-refractivity contribution in [3.63, 3.8) is 0 Å². The molecule has 8 heteroatoms. The van der Waals surface area contributed by atoms with E-state index in [1.807, 2.05) is 0 Å². The maximum absolute atomic E-state index is 11.5. The number of ether oxygens (including phenoxy) is 2. The van der Waals surface area contributed by atoms with Gasteiger partial charge < -0.3 is 20.1 Å². The summed E-state index contributed by atoms with van der Waals surface area (Å²) in [6, 6.07) is 10.3. The van der Waals surface area contributed by atoms with Crippen molar-refractivity contribution in [2.24, 2.45) is 0 Å². The molecule has 8 nitrogen and oxygen atoms in total. The summed E-state index contributed by atoms with van der Waals surface area (Å²) in [7, 11) is 0. The number of carbonyl (C=O) groups excluding carboxylic acids is 2. The molecule has 1 aromatic carbocycles. The van der Waals surface area contributed by atoms with E-state index in [0.717, 1.165) is 0 Å². The minimum absolute atomic E-state index is 0.167. The molecule has 0 fully saturated rings. The van der Waals surface area contributed by atoms with E-state index in [2.05, 4.69) is 10.6 Å². The summed E-state index contributed by atoms with van der Waals surface area (Å²) in [5.74, 6) is -1.43. The maximum Gasteiger partial charge on any atom is 0.350 e. The Kier molecular flexibility index (Phi) is 8.49. The molecule has 134 valence electrons. The number of nitrogens with one attached hydrogen (secondary N) is 2. The second-order valence-electron chi connectivity index (χ2n) is 4.65. The second-order valence-corrected chi connectivity index (χ2v) is 4.65. The van der Waals surface area contributed by atoms with Gasteiger partial charge in [-0.2, -0.15) is 10.5 Å². The lowest BCUT2D eigenvalue weighted by Crippen LogP contribution is -2.08. The van der Waals surface area contributed by atoms with Crippen molar-refractivity contribution in [3.8, 4) is 12.1 Å². The Morgan fingerprint density at radius 3 is 1.73 bits per heavy atom. The highest BCUT2D eigenvalue weighted by Crippen LogP contribution is 2.16. The first-order valence-corrected chi connectivity index (χ1v) is 7.73. The van der Waals surface area contributed by atoms with Gasteiger partial charge in [-0.1, -0.05) is 6.07 Å². The zero-order valence-corrected chi connectivity index (χ0v) is 14.4. The number of benzene rings is 1. The van der Waals surface area contributed by atoms with Crippen LogP contribution in [-0.2, 0) is 19.1 Å². The third-order valence-electron chi connectivity index (χ3n) is 2.86. The molecule has 0 saturated carbocycles. The summed E-state index contributed by atoms with van der Waals surface area (Å²) in [6.45, 7) is 3.64. The predicted octanol–water partition coefficient (Wildman–Crippen LogP) is 2.45. The van der Waals surface area contributed by atoms with Gasteiger partial charge in [0.05, 0.1) is 13.2 Å². The Morgan fingerprint density at radius 1 is 0.962 bits per heavy atom. The first-order chi connectivity index (χ1) is 12.5. The van der Waals surface area contributed by atoms with Gasteiger partial charge in [0.15, 0.2) is 11.1 Å². The lowest BCUT2D eigenvalue weighted by molar-refractivity contribution is -0.138. The molecule has 26 heavy (non-hydrogen) atoms. The Hall–Kier alpha value is -3.78. The molecule has 1 rings (SSSR count). The largest absolute Gasteiger partial charge is 0.462 e. The number of hydrogen-bond donors (Lipinski definition) is 2. The van der Waals surface area contributed by atoms with Gasteiger partial charge in [0, 0.05) is 23.8 Å². The molecule has 0 aliphatic heterocycles. The summed E-state index contributed by atoms with van der Waals surface area (Å²) in [6.07, 6.45) is 2.48. The molecule has 0 radical (unpaired) electrons. The lowest BCUT2D eigenvalue weighted by Gasteiger charge is -2.06. The third kappa shape index (κ3) is 6.38. The number of carbonyl (C=O) groups is 2. The van der Waals surface area contributed by atoms with Crippen LogP contribution in [-0.4, -0.2) is 25.2 Å². The van der Waals surface area contributed by atoms with Crippen LogP contribution in [0.2, 0.25) is 0 Å². The van der Waals surface area contributed by atoms with Gasteiger partial charge in [0.1, 0.15) is 12.1 Å². The van der Waals surface area contributed by atoms with Crippen LogP contribution in [0, 0.1) is 22.7 Å². The summed E-state index contributed by atoms with van der Waals surface area (Å²) in [5, 5.41) is 23.6. The summed E-state index contributed by atoms with van der Waals surface area (Å²) in [4.78, 5) is 23.1. The highest BCUT2D eigenvalue weighted by atomic mass is 16.5. The minimum Gasteiger partial charge on any atom is -0.462 e. The van der Waals surface area contributed by atoms with Crippen molar-refractivity contribution in [3.05, 3.63) is 47.8 Å². The lowest BCUT2D eigenvalue weighted by atomic mass is 10.2. The Balaban J connectivity index is 2.85. The monoisotopic (exact) mass is 354 g/mol. The Bertz CT molecular complexity index is 737. The van der Waals surface area contributed by atoms with Gasteiger partial charge in [-0.05, 0) is 32.0 Å². The van der Waals surface area contributed by atoms with E-state index >= 15 is 0 Å². The number of nitrogens with zero attached hydrogens (tertiary/aromatic N) is 2. The highest BCUT2D eigenvalue weighted by molar-refractivity contribution is 5.93. The molecule has 0 aliphatic rings. The topological polar surface area (TPSA) is 124 Å². The van der Waals surface area contributed by atoms with Crippen LogP contribution in [0.3, 0.4) is 0 Å². The van der Waals surface area contributed by atoms with Crippen LogP contribution in [0.4, 0.5) is 11.4 Å². The Labute approximate surface area is 151 Å². The SMILES string of the molecule is CCOC(=O)/C(C#N)=C\Nc1cccc(N/C=C(/C#N)C(=O)OCC)c1. The van der Waals surface area contributed by atoms with Crippen molar-refractivity contribution in [2.45, 2.75) is 13.8 Å². The fourth-order valence-electron chi connectivity index (χ4n) is 1.70. The average molecular weight is 354 g/mol. The molecule has 0 amide bonds. The van der Waals surface area contributed by atoms with E-state index in [-0.39, 0.29) is 24.4 Å². The molecule has 0 spiro atoms. The van der Waals surface area contributed by atoms with E-state index in [1.165, 1.54) is 12.4 Å². The van der Waals surface area contributed by atoms with E-state index in [1.54, 1.807) is 50.3 Å². The number of nitriles is 2. The number of rotatable bonds is 8. The molecular weight excluding hydrogens is 336 g/mol. The fraction of sp³-hybridized carbons (Fsp3) is 0.222. The van der Waals surface area contributed by atoms with Gasteiger partial charge in [0.25, 0.3) is 0 Å². The maximum atomic E-state index is 11.5. The van der Waals surface area contributed by atoms with Gasteiger partial charge in [-0.15, -0.1) is 0 Å². The quantitative estimate of drug-likeness (QED) is 0.414. The Morgan fingerprint density at radius 2 is 1.38 bits per heavy atom. The first kappa shape index (κ1) is 20.3. The molecule has 2 N–H and O–H groups in total. The average Bonchev–Trinajstić information content (AvgIpc) is 2.63. The van der Waals surface area contributed by atoms with Gasteiger partial charge in [-0.25, -0.2) is 9.59 Å². The van der Waals surface area contributed by atoms with Gasteiger partial charge in [-0.3, -0.25) is 0 Å². The van der Waals surface area contributed by atoms with Crippen molar-refractivity contribution >= 4 is 23.3 Å². The predicted molar refractivity (Wildman–Crippen MR) is 94.3 cm³/mol. The van der Waals surface area contributed by atoms with Crippen LogP contribution in [0.15, 0.2) is 47.8 Å². The molecule has 0 atom stereocenters. The summed E-state index contributed by atoms with van der Waals surface area (Å²) in [5.41, 5.74) is 0.823. The number of hydrogen-bond acceptors (Lipinski definition) is 8. The van der Waals surface area contributed by atoms with Crippen LogP contribution < -0.4 is 10.6 Å². The number of esters is 2. The second kappa shape index (κ2) is 10.9. The van der Waals surface area contributed by atoms with E-state index in [0.29, 0.717) is 11.4 Å². The zero-order valence-electron chi connectivity index (χ0n) is 14.4. The molecular formula is C18H18N4O4. The van der Waals surface area contributed by atoms with E-state index in [4.69, 9.17) is 20.0 Å². The normalized spacial score (nSPS) is 10.9. The van der Waals surface area contributed by atoms with Crippen LogP contribution in [0.25, 0.3) is 0 Å². The fourth-order valence-corrected chi connectivity index (χ4v) is 1.70. The van der Waals surface area contributed by atoms with E-state index < -0.39 is 11.9 Å². The van der Waals surface area contributed by atoms with Crippen molar-refractivity contribution in [2.75, 3.05) is 23.8 Å². The highest BCUT2D eigenvalue weighted by Gasteiger charge is 2.10. The minimum atomic E-state index is -0.715. The van der Waals surface area contributed by atoms with Crippen LogP contribution in [0.5, 0.6) is 0 Å². The summed E-state index contributed by atoms with van der Waals surface area (Å²) >= 11 is 0. The van der Waals surface area contributed by atoms with Crippen molar-refractivity contribution < 1.29 is 19.1 Å². The molecule has 0 aliphatic carbocycles. The van der Waals surface area contributed by atoms with Crippen LogP contribution >= 0.6 is 0 Å². The van der Waals surface area contributed by atoms with Crippen molar-refractivity contribution in [1.82, 2.24) is 0 Å². The van der Waals surface area contributed by atoms with Crippen LogP contribution in [0.1, 0.15) is 13.8 Å².